The molecule has 2 rings (SSSR count). The third-order valence-electron chi connectivity index (χ3n) is 3.98. The third-order valence-corrected chi connectivity index (χ3v) is 3.98. The molecular formula is C17H28N2O3. The third kappa shape index (κ3) is 4.95. The molecule has 2 N–H and O–H groups in total. The Bertz CT molecular complexity index is 436. The van der Waals surface area contributed by atoms with Crippen LogP contribution in [0.4, 0.5) is 0 Å². The molecule has 22 heavy (non-hydrogen) atoms. The maximum atomic E-state index is 10.2. The smallest absolute Gasteiger partial charge is 0.152 e. The van der Waals surface area contributed by atoms with Crippen molar-refractivity contribution in [1.29, 1.82) is 0 Å². The lowest BCUT2D eigenvalue weighted by molar-refractivity contribution is -0.0469. The lowest BCUT2D eigenvalue weighted by Gasteiger charge is -2.34. The topological polar surface area (TPSA) is 54.0 Å². The molecule has 0 amide bonds. The predicted molar refractivity (Wildman–Crippen MR) is 87.0 cm³/mol. The summed E-state index contributed by atoms with van der Waals surface area (Å²) in [5, 5.41) is 13.3. The molecule has 2 atom stereocenters. The molecule has 0 saturated carbocycles. The summed E-state index contributed by atoms with van der Waals surface area (Å²) in [6.45, 7) is 6.26. The Morgan fingerprint density at radius 2 is 2.14 bits per heavy atom. The van der Waals surface area contributed by atoms with E-state index in [9.17, 15) is 5.11 Å². The SMILES string of the molecule is CCC(Oc1cccc(C(O)CCNC)c1)N1CCOCC1. The lowest BCUT2D eigenvalue weighted by Crippen LogP contribution is -2.46. The van der Waals surface area contributed by atoms with Gasteiger partial charge in [-0.15, -0.1) is 0 Å². The summed E-state index contributed by atoms with van der Waals surface area (Å²) in [4.78, 5) is 2.31. The first kappa shape index (κ1) is 17.2. The molecule has 1 heterocycles. The Hall–Kier alpha value is -1.14. The van der Waals surface area contributed by atoms with E-state index in [2.05, 4.69) is 17.1 Å². The van der Waals surface area contributed by atoms with E-state index in [1.54, 1.807) is 0 Å². The molecule has 124 valence electrons. The van der Waals surface area contributed by atoms with Crippen LogP contribution in [0.3, 0.4) is 0 Å². The molecule has 0 bridgehead atoms. The van der Waals surface area contributed by atoms with Crippen LogP contribution in [0, 0.1) is 0 Å². The van der Waals surface area contributed by atoms with Crippen LogP contribution in [-0.4, -0.2) is 56.1 Å². The molecule has 1 aliphatic rings. The molecule has 1 aliphatic heterocycles. The van der Waals surface area contributed by atoms with Crippen LogP contribution in [-0.2, 0) is 4.74 Å². The highest BCUT2D eigenvalue weighted by molar-refractivity contribution is 5.30. The lowest BCUT2D eigenvalue weighted by atomic mass is 10.1. The molecule has 5 nitrogen and oxygen atoms in total. The van der Waals surface area contributed by atoms with Crippen LogP contribution in [0.1, 0.15) is 31.4 Å². The number of nitrogens with zero attached hydrogens (tertiary/aromatic N) is 1. The standard InChI is InChI=1S/C17H28N2O3/c1-3-17(19-9-11-21-12-10-19)22-15-6-4-5-14(13-15)16(20)7-8-18-2/h4-6,13,16-18,20H,3,7-12H2,1-2H3. The second-order valence-electron chi connectivity index (χ2n) is 5.61. The fourth-order valence-electron chi connectivity index (χ4n) is 2.68. The first-order valence-electron chi connectivity index (χ1n) is 8.15. The van der Waals surface area contributed by atoms with Crippen molar-refractivity contribution in [1.82, 2.24) is 10.2 Å². The van der Waals surface area contributed by atoms with Crippen LogP contribution in [0.5, 0.6) is 5.75 Å². The van der Waals surface area contributed by atoms with Gasteiger partial charge in [0, 0.05) is 13.1 Å². The van der Waals surface area contributed by atoms with Crippen molar-refractivity contribution in [2.75, 3.05) is 39.9 Å². The van der Waals surface area contributed by atoms with Gasteiger partial charge in [0.15, 0.2) is 6.23 Å². The summed E-state index contributed by atoms with van der Waals surface area (Å²) in [7, 11) is 1.89. The van der Waals surface area contributed by atoms with Crippen molar-refractivity contribution in [3.8, 4) is 5.75 Å². The molecular weight excluding hydrogens is 280 g/mol. The average Bonchev–Trinajstić information content (AvgIpc) is 2.58. The summed E-state index contributed by atoms with van der Waals surface area (Å²) >= 11 is 0. The van der Waals surface area contributed by atoms with Crippen molar-refractivity contribution in [2.24, 2.45) is 0 Å². The minimum atomic E-state index is -0.459. The maximum Gasteiger partial charge on any atom is 0.152 e. The molecule has 0 aliphatic carbocycles. The number of nitrogens with one attached hydrogen (secondary N) is 1. The van der Waals surface area contributed by atoms with Crippen molar-refractivity contribution in [3.63, 3.8) is 0 Å². The number of aliphatic hydroxyl groups is 1. The van der Waals surface area contributed by atoms with Gasteiger partial charge in [0.05, 0.1) is 19.3 Å². The number of hydrogen-bond donors (Lipinski definition) is 2. The van der Waals surface area contributed by atoms with Gasteiger partial charge in [-0.25, -0.2) is 0 Å². The first-order chi connectivity index (χ1) is 10.7. The van der Waals surface area contributed by atoms with Crippen LogP contribution in [0.15, 0.2) is 24.3 Å². The molecule has 0 spiro atoms. The largest absolute Gasteiger partial charge is 0.475 e. The van der Waals surface area contributed by atoms with E-state index in [0.29, 0.717) is 6.42 Å². The van der Waals surface area contributed by atoms with E-state index in [1.807, 2.05) is 31.3 Å². The predicted octanol–water partition coefficient (Wildman–Crippen LogP) is 1.78. The van der Waals surface area contributed by atoms with Crippen LogP contribution < -0.4 is 10.1 Å². The van der Waals surface area contributed by atoms with Gasteiger partial charge < -0.3 is 19.9 Å². The van der Waals surface area contributed by atoms with Crippen molar-refractivity contribution in [2.45, 2.75) is 32.1 Å². The van der Waals surface area contributed by atoms with Gasteiger partial charge in [-0.1, -0.05) is 19.1 Å². The van der Waals surface area contributed by atoms with Crippen molar-refractivity contribution < 1.29 is 14.6 Å². The van der Waals surface area contributed by atoms with Crippen LogP contribution >= 0.6 is 0 Å². The highest BCUT2D eigenvalue weighted by atomic mass is 16.5. The normalized spacial score (nSPS) is 18.9. The molecule has 2 unspecified atom stereocenters. The fraction of sp³-hybridized carbons (Fsp3) is 0.647. The van der Waals surface area contributed by atoms with Crippen LogP contribution in [0.2, 0.25) is 0 Å². The van der Waals surface area contributed by atoms with Gasteiger partial charge in [-0.2, -0.15) is 0 Å². The second-order valence-corrected chi connectivity index (χ2v) is 5.61. The van der Waals surface area contributed by atoms with Crippen molar-refractivity contribution in [3.05, 3.63) is 29.8 Å². The van der Waals surface area contributed by atoms with E-state index in [0.717, 1.165) is 50.6 Å². The van der Waals surface area contributed by atoms with Gasteiger partial charge >= 0.3 is 0 Å². The second kappa shape index (κ2) is 9.10. The Kier molecular flexibility index (Phi) is 7.12. The fourth-order valence-corrected chi connectivity index (χ4v) is 2.68. The highest BCUT2D eigenvalue weighted by Crippen LogP contribution is 2.23. The minimum Gasteiger partial charge on any atom is -0.475 e. The summed E-state index contributed by atoms with van der Waals surface area (Å²) in [6.07, 6.45) is 1.22. The summed E-state index contributed by atoms with van der Waals surface area (Å²) in [5.41, 5.74) is 0.907. The monoisotopic (exact) mass is 308 g/mol. The van der Waals surface area contributed by atoms with Crippen LogP contribution in [0.25, 0.3) is 0 Å². The van der Waals surface area contributed by atoms with E-state index < -0.39 is 6.10 Å². The molecule has 1 fully saturated rings. The molecule has 0 aromatic heterocycles. The number of hydrogen-bond acceptors (Lipinski definition) is 5. The Labute approximate surface area is 133 Å². The number of rotatable bonds is 8. The highest BCUT2D eigenvalue weighted by Gasteiger charge is 2.21. The number of benzene rings is 1. The summed E-state index contributed by atoms with van der Waals surface area (Å²) < 4.78 is 11.5. The van der Waals surface area contributed by atoms with Gasteiger partial charge in [0.1, 0.15) is 5.75 Å². The van der Waals surface area contributed by atoms with Gasteiger partial charge in [-0.05, 0) is 44.1 Å². The molecule has 1 saturated heterocycles. The zero-order valence-electron chi connectivity index (χ0n) is 13.6. The van der Waals surface area contributed by atoms with Gasteiger partial charge in [-0.3, -0.25) is 4.90 Å². The Morgan fingerprint density at radius 3 is 2.82 bits per heavy atom. The molecule has 0 radical (unpaired) electrons. The molecule has 1 aromatic rings. The van der Waals surface area contributed by atoms with E-state index in [-0.39, 0.29) is 6.23 Å². The number of morpholine rings is 1. The number of aliphatic hydroxyl groups excluding tert-OH is 1. The van der Waals surface area contributed by atoms with E-state index in [1.165, 1.54) is 0 Å². The first-order valence-corrected chi connectivity index (χ1v) is 8.15. The molecule has 1 aromatic carbocycles. The maximum absolute atomic E-state index is 10.2. The van der Waals surface area contributed by atoms with Crippen molar-refractivity contribution >= 4 is 0 Å². The van der Waals surface area contributed by atoms with Gasteiger partial charge in [0.25, 0.3) is 0 Å². The summed E-state index contributed by atoms with van der Waals surface area (Å²) in [5.74, 6) is 0.819. The minimum absolute atomic E-state index is 0.0635. The molecule has 5 heteroatoms. The van der Waals surface area contributed by atoms with E-state index in [4.69, 9.17) is 9.47 Å². The quantitative estimate of drug-likeness (QED) is 0.767. The zero-order valence-corrected chi connectivity index (χ0v) is 13.6. The summed E-state index contributed by atoms with van der Waals surface area (Å²) in [6, 6.07) is 7.79. The van der Waals surface area contributed by atoms with Gasteiger partial charge in [0.2, 0.25) is 0 Å². The number of ether oxygens (including phenoxy) is 2. The average molecular weight is 308 g/mol. The Morgan fingerprint density at radius 1 is 1.36 bits per heavy atom. The van der Waals surface area contributed by atoms with E-state index >= 15 is 0 Å². The Balaban J connectivity index is 1.98. The zero-order chi connectivity index (χ0) is 15.8.